The molecule has 0 bridgehead atoms. The van der Waals surface area contributed by atoms with E-state index in [9.17, 15) is 14.4 Å². The summed E-state index contributed by atoms with van der Waals surface area (Å²) in [4.78, 5) is 36.4. The van der Waals surface area contributed by atoms with Gasteiger partial charge in [0.1, 0.15) is 5.75 Å². The molecule has 0 heterocycles. The SMILES string of the molecule is Cc1ccccc1NC(=O)COc1ccc(Br)cc1/C=N\NC(=O)C(=O)Nc1ccccc1Cl. The van der Waals surface area contributed by atoms with Gasteiger partial charge in [-0.15, -0.1) is 0 Å². The molecule has 3 N–H and O–H groups in total. The summed E-state index contributed by atoms with van der Waals surface area (Å²) >= 11 is 9.33. The molecule has 0 unspecified atom stereocenters. The van der Waals surface area contributed by atoms with E-state index in [0.717, 1.165) is 10.0 Å². The highest BCUT2D eigenvalue weighted by Gasteiger charge is 2.14. The van der Waals surface area contributed by atoms with Crippen molar-refractivity contribution in [3.05, 3.63) is 87.4 Å². The minimum atomic E-state index is -0.980. The third kappa shape index (κ3) is 7.16. The van der Waals surface area contributed by atoms with E-state index in [1.807, 2.05) is 25.1 Å². The Balaban J connectivity index is 1.59. The molecule has 0 saturated carbocycles. The molecule has 174 valence electrons. The van der Waals surface area contributed by atoms with Gasteiger partial charge in [0.15, 0.2) is 6.61 Å². The molecule has 3 aromatic carbocycles. The maximum atomic E-state index is 12.3. The lowest BCUT2D eigenvalue weighted by atomic mass is 10.2. The maximum Gasteiger partial charge on any atom is 0.329 e. The number of hydrogen-bond acceptors (Lipinski definition) is 5. The van der Waals surface area contributed by atoms with E-state index in [2.05, 4.69) is 37.1 Å². The van der Waals surface area contributed by atoms with Crippen LogP contribution < -0.4 is 20.8 Å². The molecule has 0 saturated heterocycles. The Kier molecular flexibility index (Phi) is 8.78. The largest absolute Gasteiger partial charge is 0.483 e. The second-order valence-electron chi connectivity index (χ2n) is 6.97. The van der Waals surface area contributed by atoms with E-state index < -0.39 is 11.8 Å². The van der Waals surface area contributed by atoms with Crippen molar-refractivity contribution >= 4 is 62.8 Å². The normalized spacial score (nSPS) is 10.6. The van der Waals surface area contributed by atoms with E-state index >= 15 is 0 Å². The van der Waals surface area contributed by atoms with Crippen molar-refractivity contribution < 1.29 is 19.1 Å². The first kappa shape index (κ1) is 24.9. The lowest BCUT2D eigenvalue weighted by Crippen LogP contribution is -2.32. The summed E-state index contributed by atoms with van der Waals surface area (Å²) in [5.41, 5.74) is 4.56. The van der Waals surface area contributed by atoms with Crippen LogP contribution in [0, 0.1) is 6.92 Å². The number of carbonyl (C=O) groups is 3. The predicted octanol–water partition coefficient (Wildman–Crippen LogP) is 4.52. The van der Waals surface area contributed by atoms with Crippen LogP contribution >= 0.6 is 27.5 Å². The molecular formula is C24H20BrClN4O4. The van der Waals surface area contributed by atoms with Crippen molar-refractivity contribution in [1.29, 1.82) is 0 Å². The first-order valence-electron chi connectivity index (χ1n) is 10.00. The zero-order valence-electron chi connectivity index (χ0n) is 18.0. The Morgan fingerprint density at radius 1 is 0.971 bits per heavy atom. The van der Waals surface area contributed by atoms with Crippen molar-refractivity contribution in [2.45, 2.75) is 6.92 Å². The topological polar surface area (TPSA) is 109 Å². The zero-order valence-corrected chi connectivity index (χ0v) is 20.3. The fraction of sp³-hybridized carbons (Fsp3) is 0.0833. The minimum absolute atomic E-state index is 0.233. The van der Waals surface area contributed by atoms with Crippen molar-refractivity contribution in [1.82, 2.24) is 5.43 Å². The average Bonchev–Trinajstić information content (AvgIpc) is 2.81. The third-order valence-electron chi connectivity index (χ3n) is 4.45. The second kappa shape index (κ2) is 12.0. The lowest BCUT2D eigenvalue weighted by molar-refractivity contribution is -0.136. The molecule has 8 nitrogen and oxygen atoms in total. The average molecular weight is 544 g/mol. The number of rotatable bonds is 7. The molecule has 0 aliphatic carbocycles. The summed E-state index contributed by atoms with van der Waals surface area (Å²) in [6.45, 7) is 1.66. The number of hydrazone groups is 1. The van der Waals surface area contributed by atoms with Gasteiger partial charge in [-0.05, 0) is 48.9 Å². The highest BCUT2D eigenvalue weighted by atomic mass is 79.9. The summed E-state index contributed by atoms with van der Waals surface area (Å²) in [6.07, 6.45) is 1.31. The Labute approximate surface area is 209 Å². The molecule has 3 amide bonds. The van der Waals surface area contributed by atoms with Crippen molar-refractivity contribution in [2.75, 3.05) is 17.2 Å². The molecule has 0 aliphatic heterocycles. The number of nitrogens with zero attached hydrogens (tertiary/aromatic N) is 1. The summed E-state index contributed by atoms with van der Waals surface area (Å²) in [6, 6.07) is 19.0. The van der Waals surface area contributed by atoms with E-state index in [-0.39, 0.29) is 12.5 Å². The van der Waals surface area contributed by atoms with Gasteiger partial charge < -0.3 is 15.4 Å². The number of benzene rings is 3. The fourth-order valence-electron chi connectivity index (χ4n) is 2.75. The van der Waals surface area contributed by atoms with Gasteiger partial charge in [0.25, 0.3) is 5.91 Å². The number of ether oxygens (including phenoxy) is 1. The highest BCUT2D eigenvalue weighted by molar-refractivity contribution is 9.10. The Bertz CT molecular complexity index is 1250. The number of hydrogen-bond donors (Lipinski definition) is 3. The van der Waals surface area contributed by atoms with Crippen LogP contribution in [-0.4, -0.2) is 30.5 Å². The third-order valence-corrected chi connectivity index (χ3v) is 5.27. The number of aryl methyl sites for hydroxylation is 1. The van der Waals surface area contributed by atoms with Gasteiger partial charge in [-0.2, -0.15) is 5.10 Å². The van der Waals surface area contributed by atoms with Gasteiger partial charge in [-0.25, -0.2) is 5.43 Å². The highest BCUT2D eigenvalue weighted by Crippen LogP contribution is 2.22. The minimum Gasteiger partial charge on any atom is -0.483 e. The summed E-state index contributed by atoms with van der Waals surface area (Å²) in [5.74, 6) is -1.87. The Morgan fingerprint density at radius 3 is 2.41 bits per heavy atom. The number of nitrogens with one attached hydrogen (secondary N) is 3. The molecule has 0 radical (unpaired) electrons. The molecule has 3 aromatic rings. The number of amides is 3. The molecule has 0 fully saturated rings. The number of carbonyl (C=O) groups excluding carboxylic acids is 3. The molecule has 3 rings (SSSR count). The Hall–Kier alpha value is -3.69. The van der Waals surface area contributed by atoms with Gasteiger partial charge in [-0.3, -0.25) is 14.4 Å². The number of anilines is 2. The van der Waals surface area contributed by atoms with Gasteiger partial charge in [0.05, 0.1) is 16.9 Å². The predicted molar refractivity (Wildman–Crippen MR) is 135 cm³/mol. The van der Waals surface area contributed by atoms with Crippen molar-refractivity contribution in [2.24, 2.45) is 5.10 Å². The zero-order chi connectivity index (χ0) is 24.5. The van der Waals surface area contributed by atoms with Crippen LogP contribution in [-0.2, 0) is 14.4 Å². The van der Waals surface area contributed by atoms with E-state index in [1.165, 1.54) is 6.21 Å². The van der Waals surface area contributed by atoms with Gasteiger partial charge in [0, 0.05) is 15.7 Å². The fourth-order valence-corrected chi connectivity index (χ4v) is 3.31. The molecule has 0 spiro atoms. The smallest absolute Gasteiger partial charge is 0.329 e. The van der Waals surface area contributed by atoms with Crippen LogP contribution in [0.3, 0.4) is 0 Å². The van der Waals surface area contributed by atoms with E-state index in [1.54, 1.807) is 48.5 Å². The van der Waals surface area contributed by atoms with E-state index in [0.29, 0.717) is 27.7 Å². The first-order chi connectivity index (χ1) is 16.3. The summed E-state index contributed by atoms with van der Waals surface area (Å²) in [5, 5.41) is 9.31. The molecule has 34 heavy (non-hydrogen) atoms. The van der Waals surface area contributed by atoms with Crippen LogP contribution in [0.1, 0.15) is 11.1 Å². The quantitative estimate of drug-likeness (QED) is 0.231. The lowest BCUT2D eigenvalue weighted by Gasteiger charge is -2.11. The molecule has 10 heteroatoms. The van der Waals surface area contributed by atoms with Crippen LogP contribution in [0.4, 0.5) is 11.4 Å². The molecule has 0 aliphatic rings. The van der Waals surface area contributed by atoms with Crippen molar-refractivity contribution in [3.63, 3.8) is 0 Å². The van der Waals surface area contributed by atoms with Crippen LogP contribution in [0.15, 0.2) is 76.3 Å². The Morgan fingerprint density at radius 2 is 1.68 bits per heavy atom. The van der Waals surface area contributed by atoms with Crippen LogP contribution in [0.2, 0.25) is 5.02 Å². The van der Waals surface area contributed by atoms with Gasteiger partial charge in [-0.1, -0.05) is 57.9 Å². The first-order valence-corrected chi connectivity index (χ1v) is 11.2. The monoisotopic (exact) mass is 542 g/mol. The maximum absolute atomic E-state index is 12.3. The number of para-hydroxylation sites is 2. The van der Waals surface area contributed by atoms with Crippen LogP contribution in [0.5, 0.6) is 5.75 Å². The molecule has 0 aromatic heterocycles. The summed E-state index contributed by atoms with van der Waals surface area (Å²) in [7, 11) is 0. The summed E-state index contributed by atoms with van der Waals surface area (Å²) < 4.78 is 6.36. The molecular weight excluding hydrogens is 524 g/mol. The van der Waals surface area contributed by atoms with Gasteiger partial charge >= 0.3 is 11.8 Å². The second-order valence-corrected chi connectivity index (χ2v) is 8.29. The number of halogens is 2. The van der Waals surface area contributed by atoms with Crippen molar-refractivity contribution in [3.8, 4) is 5.75 Å². The van der Waals surface area contributed by atoms with E-state index in [4.69, 9.17) is 16.3 Å². The van der Waals surface area contributed by atoms with Crippen LogP contribution in [0.25, 0.3) is 0 Å². The standard InChI is InChI=1S/C24H20BrClN4O4/c1-15-6-2-4-8-19(15)28-22(31)14-34-21-11-10-17(25)12-16(21)13-27-30-24(33)23(32)29-20-9-5-3-7-18(20)26/h2-13H,14H2,1H3,(H,28,31)(H,29,32)(H,30,33)/b27-13-. The molecule has 0 atom stereocenters. The van der Waals surface area contributed by atoms with Gasteiger partial charge in [0.2, 0.25) is 0 Å².